The Morgan fingerprint density at radius 3 is 2.64 bits per heavy atom. The zero-order valence-corrected chi connectivity index (χ0v) is 7.18. The fourth-order valence-corrected chi connectivity index (χ4v) is 0.888. The molecule has 0 rings (SSSR count). The number of hydrogen-bond donors (Lipinski definition) is 1. The zero-order valence-electron chi connectivity index (χ0n) is 7.18. The third kappa shape index (κ3) is 9.21. The first-order valence-electron chi connectivity index (χ1n) is 4.23. The maximum absolute atomic E-state index is 10.2. The highest BCUT2D eigenvalue weighted by Gasteiger charge is 1.85. The third-order valence-corrected chi connectivity index (χ3v) is 1.51. The smallest absolute Gasteiger partial charge is 0.241 e. The van der Waals surface area contributed by atoms with E-state index in [1.165, 1.54) is 25.3 Å². The molecule has 0 atom stereocenters. The van der Waals surface area contributed by atoms with Crippen molar-refractivity contribution in [3.8, 4) is 0 Å². The van der Waals surface area contributed by atoms with Gasteiger partial charge in [-0.2, -0.15) is 0 Å². The Hall–Kier alpha value is -0.790. The van der Waals surface area contributed by atoms with Crippen LogP contribution in [0, 0.1) is 0 Å². The van der Waals surface area contributed by atoms with Gasteiger partial charge in [-0.05, 0) is 18.9 Å². The summed E-state index contributed by atoms with van der Waals surface area (Å²) < 4.78 is 0. The predicted octanol–water partition coefficient (Wildman–Crippen LogP) is 2.00. The molecule has 0 saturated carbocycles. The minimum atomic E-state index is -0.347. The predicted molar refractivity (Wildman–Crippen MR) is 47.1 cm³/mol. The molecule has 2 nitrogen and oxygen atoms in total. The lowest BCUT2D eigenvalue weighted by Gasteiger charge is -1.92. The van der Waals surface area contributed by atoms with Gasteiger partial charge in [0.2, 0.25) is 5.91 Å². The number of amides is 1. The third-order valence-electron chi connectivity index (χ3n) is 1.51. The summed E-state index contributed by atoms with van der Waals surface area (Å²) in [6, 6.07) is 0. The molecule has 0 spiro atoms. The second-order valence-corrected chi connectivity index (χ2v) is 2.65. The molecule has 0 saturated heterocycles. The van der Waals surface area contributed by atoms with Crippen LogP contribution in [0.1, 0.15) is 39.0 Å². The van der Waals surface area contributed by atoms with Gasteiger partial charge in [-0.25, -0.2) is 0 Å². The maximum Gasteiger partial charge on any atom is 0.241 e. The van der Waals surface area contributed by atoms with Gasteiger partial charge in [-0.1, -0.05) is 32.3 Å². The van der Waals surface area contributed by atoms with E-state index < -0.39 is 0 Å². The van der Waals surface area contributed by atoms with Crippen molar-refractivity contribution in [1.82, 2.24) is 0 Å². The van der Waals surface area contributed by atoms with E-state index in [9.17, 15) is 4.79 Å². The van der Waals surface area contributed by atoms with Gasteiger partial charge in [0.1, 0.15) is 0 Å². The lowest BCUT2D eigenvalue weighted by atomic mass is 10.1. The van der Waals surface area contributed by atoms with Gasteiger partial charge >= 0.3 is 0 Å². The number of nitrogens with two attached hydrogens (primary N) is 1. The number of hydrogen-bond acceptors (Lipinski definition) is 1. The molecule has 0 aromatic heterocycles. The van der Waals surface area contributed by atoms with Crippen molar-refractivity contribution in [2.45, 2.75) is 39.0 Å². The van der Waals surface area contributed by atoms with Gasteiger partial charge in [0.15, 0.2) is 0 Å². The van der Waals surface area contributed by atoms with Gasteiger partial charge in [0, 0.05) is 0 Å². The lowest BCUT2D eigenvalue weighted by molar-refractivity contribution is -0.113. The Bertz CT molecular complexity index is 130. The van der Waals surface area contributed by atoms with E-state index in [-0.39, 0.29) is 5.91 Å². The average Bonchev–Trinajstić information content (AvgIpc) is 1.96. The first-order chi connectivity index (χ1) is 5.27. The van der Waals surface area contributed by atoms with E-state index >= 15 is 0 Å². The molecule has 2 N–H and O–H groups in total. The van der Waals surface area contributed by atoms with Crippen molar-refractivity contribution < 1.29 is 4.79 Å². The van der Waals surface area contributed by atoms with E-state index in [0.717, 1.165) is 12.8 Å². The minimum absolute atomic E-state index is 0.347. The molecule has 0 aliphatic rings. The maximum atomic E-state index is 10.2. The normalized spacial score (nSPS) is 10.6. The molecular weight excluding hydrogens is 138 g/mol. The first-order valence-corrected chi connectivity index (χ1v) is 4.23. The summed E-state index contributed by atoms with van der Waals surface area (Å²) in [6.07, 6.45) is 9.20. The van der Waals surface area contributed by atoms with E-state index in [1.807, 2.05) is 6.08 Å². The molecule has 0 aliphatic carbocycles. The Balaban J connectivity index is 3.07. The van der Waals surface area contributed by atoms with Gasteiger partial charge in [0.05, 0.1) is 0 Å². The van der Waals surface area contributed by atoms with E-state index in [4.69, 9.17) is 5.73 Å². The second-order valence-electron chi connectivity index (χ2n) is 2.65. The Morgan fingerprint density at radius 1 is 1.36 bits per heavy atom. The number of unbranched alkanes of at least 4 members (excludes halogenated alkanes) is 4. The summed E-state index contributed by atoms with van der Waals surface area (Å²) in [5.41, 5.74) is 4.91. The van der Waals surface area contributed by atoms with Crippen LogP contribution in [0.2, 0.25) is 0 Å². The minimum Gasteiger partial charge on any atom is -0.366 e. The Kier molecular flexibility index (Phi) is 6.79. The molecule has 64 valence electrons. The number of allylic oxidation sites excluding steroid dienone is 1. The molecule has 1 amide bonds. The highest BCUT2D eigenvalue weighted by atomic mass is 16.1. The number of carbonyl (C=O) groups is 1. The van der Waals surface area contributed by atoms with Crippen molar-refractivity contribution in [2.75, 3.05) is 0 Å². The van der Waals surface area contributed by atoms with Gasteiger partial charge in [-0.3, -0.25) is 4.79 Å². The molecule has 0 bridgehead atoms. The summed E-state index contributed by atoms with van der Waals surface area (Å²) in [4.78, 5) is 10.2. The van der Waals surface area contributed by atoms with Crippen LogP contribution < -0.4 is 5.73 Å². The Labute approximate surface area is 68.5 Å². The largest absolute Gasteiger partial charge is 0.366 e. The van der Waals surface area contributed by atoms with Crippen LogP contribution in [0.15, 0.2) is 12.2 Å². The standard InChI is InChI=1S/C9H17NO/c1-2-3-4-5-6-7-8-9(10)11/h7-8H,2-6H2,1H3,(H2,10,11)/b8-7+. The van der Waals surface area contributed by atoms with Crippen LogP contribution in [0.3, 0.4) is 0 Å². The molecule has 11 heavy (non-hydrogen) atoms. The fourth-order valence-electron chi connectivity index (χ4n) is 0.888. The molecule has 0 aromatic rings. The van der Waals surface area contributed by atoms with Crippen LogP contribution >= 0.6 is 0 Å². The van der Waals surface area contributed by atoms with E-state index in [2.05, 4.69) is 6.92 Å². The fraction of sp³-hybridized carbons (Fsp3) is 0.667. The average molecular weight is 155 g/mol. The van der Waals surface area contributed by atoms with Crippen molar-refractivity contribution in [3.05, 3.63) is 12.2 Å². The summed E-state index contributed by atoms with van der Waals surface area (Å²) in [5, 5.41) is 0. The van der Waals surface area contributed by atoms with Crippen LogP contribution in [-0.2, 0) is 4.79 Å². The zero-order chi connectivity index (χ0) is 8.53. The number of rotatable bonds is 6. The highest BCUT2D eigenvalue weighted by Crippen LogP contribution is 2.02. The number of carbonyl (C=O) groups excluding carboxylic acids is 1. The van der Waals surface area contributed by atoms with Crippen molar-refractivity contribution in [3.63, 3.8) is 0 Å². The molecule has 0 radical (unpaired) electrons. The summed E-state index contributed by atoms with van der Waals surface area (Å²) >= 11 is 0. The molecule has 0 aromatic carbocycles. The van der Waals surface area contributed by atoms with Crippen LogP contribution in [0.5, 0.6) is 0 Å². The Morgan fingerprint density at radius 2 is 2.09 bits per heavy atom. The second kappa shape index (κ2) is 7.32. The van der Waals surface area contributed by atoms with Gasteiger partial charge in [0.25, 0.3) is 0 Å². The molecule has 0 unspecified atom stereocenters. The van der Waals surface area contributed by atoms with Crippen LogP contribution in [0.4, 0.5) is 0 Å². The van der Waals surface area contributed by atoms with Gasteiger partial charge in [-0.15, -0.1) is 0 Å². The van der Waals surface area contributed by atoms with Crippen molar-refractivity contribution in [2.24, 2.45) is 5.73 Å². The summed E-state index contributed by atoms with van der Waals surface area (Å²) in [5.74, 6) is -0.347. The first kappa shape index (κ1) is 10.2. The molecule has 2 heteroatoms. The van der Waals surface area contributed by atoms with Crippen molar-refractivity contribution >= 4 is 5.91 Å². The van der Waals surface area contributed by atoms with Crippen LogP contribution in [0.25, 0.3) is 0 Å². The molecule has 0 aliphatic heterocycles. The van der Waals surface area contributed by atoms with Gasteiger partial charge < -0.3 is 5.73 Å². The highest BCUT2D eigenvalue weighted by molar-refractivity contribution is 5.85. The topological polar surface area (TPSA) is 43.1 Å². The van der Waals surface area contributed by atoms with E-state index in [1.54, 1.807) is 0 Å². The van der Waals surface area contributed by atoms with E-state index in [0.29, 0.717) is 0 Å². The number of primary amides is 1. The molecule has 0 fully saturated rings. The molecule has 0 heterocycles. The summed E-state index contributed by atoms with van der Waals surface area (Å²) in [6.45, 7) is 2.18. The SMILES string of the molecule is CCCCCC/C=C/C(N)=O. The lowest BCUT2D eigenvalue weighted by Crippen LogP contribution is -2.05. The monoisotopic (exact) mass is 155 g/mol. The van der Waals surface area contributed by atoms with Crippen LogP contribution in [-0.4, -0.2) is 5.91 Å². The molecular formula is C9H17NO. The quantitative estimate of drug-likeness (QED) is 0.462. The van der Waals surface area contributed by atoms with Crippen molar-refractivity contribution in [1.29, 1.82) is 0 Å². The summed E-state index contributed by atoms with van der Waals surface area (Å²) in [7, 11) is 0.